The van der Waals surface area contributed by atoms with E-state index in [4.69, 9.17) is 33.6 Å². The number of hydrogen-bond donors (Lipinski definition) is 11. The number of aliphatic carboxylic acids is 1. The number of hydrogen-bond acceptors (Lipinski definition) is 26. The van der Waals surface area contributed by atoms with Gasteiger partial charge in [-0.1, -0.05) is 69.4 Å². The molecule has 3 aromatic heterocycles. The van der Waals surface area contributed by atoms with Crippen LogP contribution in [0.25, 0.3) is 21.3 Å². The number of imide groups is 1. The number of ether oxygens (including phenoxy) is 4. The lowest BCUT2D eigenvalue weighted by atomic mass is 9.39. The molecule has 4 bridgehead atoms. The average Bonchev–Trinajstić information content (AvgIpc) is 1.69. The van der Waals surface area contributed by atoms with E-state index in [2.05, 4.69) is 40.1 Å². The van der Waals surface area contributed by atoms with Crippen molar-refractivity contribution < 1.29 is 118 Å². The third-order valence-corrected chi connectivity index (χ3v) is 25.2. The van der Waals surface area contributed by atoms with Crippen molar-refractivity contribution in [1.29, 1.82) is 0 Å². The Morgan fingerprint density at radius 3 is 2.15 bits per heavy atom. The maximum absolute atomic E-state index is 14.4. The molecule has 120 heavy (non-hydrogen) atoms. The summed E-state index contributed by atoms with van der Waals surface area (Å²) in [6.45, 7) is 6.89. The molecule has 3 aromatic carbocycles. The van der Waals surface area contributed by atoms with E-state index in [1.165, 1.54) is 36.5 Å². The third kappa shape index (κ3) is 21.7. The van der Waals surface area contributed by atoms with Crippen LogP contribution in [0.5, 0.6) is 0 Å². The molecule has 3 aliphatic heterocycles. The van der Waals surface area contributed by atoms with Crippen LogP contribution in [0.4, 0.5) is 21.4 Å². The van der Waals surface area contributed by atoms with Gasteiger partial charge in [-0.15, -0.1) is 0 Å². The molecule has 6 aromatic rings. The standard InChI is InChI=1S/C80H98N12O25S3/c1-46(2)64(86-60(93)22-24-88(25-28-114-30-32-120(111,112)113)63(96)37-92-61(94)19-20-62(92)95)72(102)82-47(3)70(100)83-52-15-13-50(49(33-52)14-17-57-66(97)67(98)68(99)69(117-57)74(105)106)38-115-76(107)89(27-31-119(108,109)110)26-29-116-80-42-77(4)39-78(5,43-80)41-79(40-77,44-80)45-91-35-51(34-81-91)53-16-18-59(85-65(53)73(103)104)90-23-21-48-9-8-10-54(55(48)36-90)71(101)87-75-84-56-11-6-7-12-58(56)118-75/h6-13,15-16,18-20,33-35,46-47,57,64,66-69,97-99H,14,17,21-32,36-45H2,1-5H3,(H,82,102)(H,83,100)(H,86,93)(H,103,104)(H,105,106)(H,84,87,101)(H,108,109,110)(H,111,112,113)/t47-,57-,64-,66-,67+,68-,69-,77?,78?,79?,80?/m0/s1. The molecule has 11 N–H and O–H groups in total. The molecule has 9 atom stereocenters. The maximum atomic E-state index is 14.4. The number of aromatic nitrogens is 4. The zero-order valence-electron chi connectivity index (χ0n) is 66.6. The monoisotopic (exact) mass is 1720 g/mol. The summed E-state index contributed by atoms with van der Waals surface area (Å²) in [5, 5.41) is 68.8. The Morgan fingerprint density at radius 1 is 0.742 bits per heavy atom. The Labute approximate surface area is 694 Å². The van der Waals surface area contributed by atoms with Crippen molar-refractivity contribution in [2.24, 2.45) is 22.2 Å². The van der Waals surface area contributed by atoms with Gasteiger partial charge < -0.3 is 75.1 Å². The van der Waals surface area contributed by atoms with Gasteiger partial charge in [0.2, 0.25) is 23.6 Å². The van der Waals surface area contributed by atoms with Crippen LogP contribution >= 0.6 is 11.3 Å². The number of aliphatic hydroxyl groups excluding tert-OH is 3. The summed E-state index contributed by atoms with van der Waals surface area (Å²) >= 11 is 1.38. The molecule has 40 heteroatoms. The predicted octanol–water partition coefficient (Wildman–Crippen LogP) is 4.23. The van der Waals surface area contributed by atoms with Gasteiger partial charge in [-0.05, 0) is 152 Å². The Kier molecular flexibility index (Phi) is 27.1. The minimum atomic E-state index is -4.67. The van der Waals surface area contributed by atoms with Crippen molar-refractivity contribution in [1.82, 2.24) is 45.1 Å². The van der Waals surface area contributed by atoms with E-state index < -0.39 is 172 Å². The number of aryl methyl sites for hydroxylation is 1. The molecule has 5 fully saturated rings. The number of nitrogens with one attached hydrogen (secondary N) is 4. The van der Waals surface area contributed by atoms with Crippen LogP contribution in [0.3, 0.4) is 0 Å². The van der Waals surface area contributed by atoms with Crippen molar-refractivity contribution in [2.45, 2.75) is 167 Å². The molecule has 6 heterocycles. The highest BCUT2D eigenvalue weighted by molar-refractivity contribution is 7.86. The van der Waals surface area contributed by atoms with Crippen LogP contribution in [0.2, 0.25) is 0 Å². The van der Waals surface area contributed by atoms with Crippen LogP contribution in [0.1, 0.15) is 129 Å². The summed E-state index contributed by atoms with van der Waals surface area (Å²) in [7, 11) is -9.04. The Hall–Kier alpha value is -10.3. The third-order valence-electron chi connectivity index (χ3n) is 22.8. The number of para-hydroxylation sites is 1. The van der Waals surface area contributed by atoms with Crippen LogP contribution in [-0.2, 0) is 105 Å². The highest BCUT2D eigenvalue weighted by atomic mass is 32.2. The largest absolute Gasteiger partial charge is 0.479 e. The number of amides is 8. The summed E-state index contributed by atoms with van der Waals surface area (Å²) in [6.07, 6.45) is -0.484. The summed E-state index contributed by atoms with van der Waals surface area (Å²) in [5.74, 6) is -9.62. The molecule has 0 radical (unpaired) electrons. The SMILES string of the molecule is CC(C)[C@H](NC(=O)CCN(CCOCCS(=O)(=O)O)C(=O)CN1C(=O)C=CC1=O)C(=O)N[C@@H](C)C(=O)Nc1ccc(COC(=O)N(CCOC23CC4(C)CC(C)(CC(Cn5cc(-c6ccc(N7CCc8cccc(C(=O)Nc9nc%10ccccc%10s9)c8C7)nc6C(=O)O)cn5)(C4)C2)C3)CCS(=O)(=O)O)c(CC[C@@H]2O[C@H](C(=O)O)[C@@H](O)[C@H](O)[C@H]2O)c1. The fourth-order valence-corrected chi connectivity index (χ4v) is 20.0. The summed E-state index contributed by atoms with van der Waals surface area (Å²) in [5.41, 5.74) is 2.90. The molecule has 646 valence electrons. The first-order chi connectivity index (χ1) is 56.6. The van der Waals surface area contributed by atoms with Crippen molar-refractivity contribution in [3.05, 3.63) is 131 Å². The van der Waals surface area contributed by atoms with Crippen LogP contribution in [-0.4, -0.2) is 264 Å². The van der Waals surface area contributed by atoms with Gasteiger partial charge in [0.05, 0.1) is 59.4 Å². The van der Waals surface area contributed by atoms with Crippen molar-refractivity contribution in [2.75, 3.05) is 86.1 Å². The second-order valence-electron chi connectivity index (χ2n) is 33.0. The smallest absolute Gasteiger partial charge is 0.410 e. The molecular formula is C80H98N12O25S3. The number of carboxylic acids is 2. The van der Waals surface area contributed by atoms with Crippen molar-refractivity contribution in [3.8, 4) is 11.1 Å². The average molecular weight is 1720 g/mol. The molecule has 13 rings (SSSR count). The van der Waals surface area contributed by atoms with Crippen molar-refractivity contribution in [3.63, 3.8) is 0 Å². The van der Waals surface area contributed by atoms with Crippen LogP contribution in [0, 0.1) is 22.2 Å². The highest BCUT2D eigenvalue weighted by Gasteiger charge is 2.66. The first kappa shape index (κ1) is 89.0. The number of benzene rings is 3. The molecule has 8 amide bonds. The number of fused-ring (bicyclic) bond motifs is 2. The molecule has 4 aliphatic carbocycles. The highest BCUT2D eigenvalue weighted by Crippen LogP contribution is 2.72. The van der Waals surface area contributed by atoms with Gasteiger partial charge in [0.25, 0.3) is 38.0 Å². The Balaban J connectivity index is 0.691. The number of aromatic carboxylic acids is 1. The van der Waals surface area contributed by atoms with E-state index in [1.54, 1.807) is 38.2 Å². The molecule has 0 spiro atoms. The second-order valence-corrected chi connectivity index (χ2v) is 37.1. The fraction of sp³-hybridized carbons (Fsp3) is 0.512. The van der Waals surface area contributed by atoms with Gasteiger partial charge in [-0.3, -0.25) is 57.6 Å². The molecule has 4 saturated carbocycles. The maximum Gasteiger partial charge on any atom is 0.410 e. The first-order valence-corrected chi connectivity index (χ1v) is 43.3. The van der Waals surface area contributed by atoms with Gasteiger partial charge in [-0.25, -0.2) is 24.4 Å². The molecule has 7 aliphatic rings. The summed E-state index contributed by atoms with van der Waals surface area (Å²) in [4.78, 5) is 147. The lowest BCUT2D eigenvalue weighted by Gasteiger charge is -2.69. The van der Waals surface area contributed by atoms with E-state index in [9.17, 15) is 94.9 Å². The van der Waals surface area contributed by atoms with Crippen LogP contribution in [0.15, 0.2) is 97.3 Å². The van der Waals surface area contributed by atoms with Crippen molar-refractivity contribution >= 4 is 118 Å². The Bertz CT molecular complexity index is 5140. The van der Waals surface area contributed by atoms with Gasteiger partial charge >= 0.3 is 18.0 Å². The second kappa shape index (κ2) is 36.6. The van der Waals surface area contributed by atoms with E-state index in [1.807, 2.05) is 52.2 Å². The number of rotatable bonds is 37. The number of carbonyl (C=O) groups excluding carboxylic acids is 8. The van der Waals surface area contributed by atoms with E-state index >= 15 is 0 Å². The number of aliphatic hydroxyl groups is 3. The number of carboxylic acid groups (broad SMARTS) is 2. The number of nitrogens with zero attached hydrogens (tertiary/aromatic N) is 8. The van der Waals surface area contributed by atoms with Gasteiger partial charge in [0, 0.05) is 93.0 Å². The molecule has 37 nitrogen and oxygen atoms in total. The van der Waals surface area contributed by atoms with E-state index in [-0.39, 0.29) is 90.4 Å². The van der Waals surface area contributed by atoms with Crippen LogP contribution < -0.4 is 26.2 Å². The number of carbonyl (C=O) groups is 10. The number of thiazole rings is 1. The first-order valence-electron chi connectivity index (χ1n) is 39.2. The molecular weight excluding hydrogens is 1630 g/mol. The predicted molar refractivity (Wildman–Crippen MR) is 431 cm³/mol. The summed E-state index contributed by atoms with van der Waals surface area (Å²) < 4.78 is 92.6. The number of pyridine rings is 1. The van der Waals surface area contributed by atoms with E-state index in [0.29, 0.717) is 77.9 Å². The zero-order chi connectivity index (χ0) is 86.6. The van der Waals surface area contributed by atoms with Gasteiger partial charge in [-0.2, -0.15) is 21.9 Å². The Morgan fingerprint density at radius 2 is 1.46 bits per heavy atom. The lowest BCUT2D eigenvalue weighted by Crippen LogP contribution is -2.64. The zero-order valence-corrected chi connectivity index (χ0v) is 69.1. The minimum Gasteiger partial charge on any atom is -0.479 e. The summed E-state index contributed by atoms with van der Waals surface area (Å²) in [6, 6.07) is 18.4. The topological polar surface area (TPSA) is 522 Å². The number of anilines is 3. The quantitative estimate of drug-likeness (QED) is 0.0148. The normalized spacial score (nSPS) is 23.6. The molecule has 1 saturated heterocycles. The lowest BCUT2D eigenvalue weighted by molar-refractivity contribution is -0.248. The van der Waals surface area contributed by atoms with Gasteiger partial charge in [0.15, 0.2) is 16.9 Å². The minimum absolute atomic E-state index is 0.0916. The van der Waals surface area contributed by atoms with E-state index in [0.717, 1.165) is 62.6 Å². The fourth-order valence-electron chi connectivity index (χ4n) is 18.3. The van der Waals surface area contributed by atoms with Gasteiger partial charge in [0.1, 0.15) is 49.4 Å². The molecule has 2 unspecified atom stereocenters.